The van der Waals surface area contributed by atoms with Crippen molar-refractivity contribution in [2.24, 2.45) is 5.92 Å². The standard InChI is InChI=1S/C27H30N6O6S/c1-18-8-19(11-28-10-18)17-40(37,38)25-15-30-22(13-31-25)16-33(27(36)20-4-3-5-23(34)9-20)24-14-29-12-21(32-24)6-7-26(35)39-2/h6-8,10-15,20,23,34H,3-5,9,16-17H2,1-2H3/b7-6+. The van der Waals surface area contributed by atoms with Crippen LogP contribution in [-0.4, -0.2) is 63.5 Å². The minimum absolute atomic E-state index is 0.0561. The van der Waals surface area contributed by atoms with E-state index in [9.17, 15) is 23.1 Å². The van der Waals surface area contributed by atoms with Crippen molar-refractivity contribution in [2.45, 2.75) is 56.0 Å². The lowest BCUT2D eigenvalue weighted by molar-refractivity contribution is -0.134. The van der Waals surface area contributed by atoms with Crippen LogP contribution < -0.4 is 4.90 Å². The SMILES string of the molecule is COC(=O)/C=C/c1cncc(N(Cc2cnc(S(=O)(=O)Cc3cncc(C)c3)cn2)C(=O)C2CCCC(O)C2)n1. The first kappa shape index (κ1) is 28.9. The number of hydrogen-bond acceptors (Lipinski definition) is 11. The molecule has 0 radical (unpaired) electrons. The quantitative estimate of drug-likeness (QED) is 0.298. The molecule has 0 bridgehead atoms. The predicted molar refractivity (Wildman–Crippen MR) is 144 cm³/mol. The van der Waals surface area contributed by atoms with Crippen LogP contribution in [0.1, 0.15) is 48.2 Å². The number of pyridine rings is 1. The Morgan fingerprint density at radius 2 is 1.90 bits per heavy atom. The van der Waals surface area contributed by atoms with Crippen LogP contribution in [0.4, 0.5) is 5.82 Å². The van der Waals surface area contributed by atoms with Gasteiger partial charge in [-0.3, -0.25) is 24.6 Å². The Morgan fingerprint density at radius 3 is 2.60 bits per heavy atom. The molecule has 4 rings (SSSR count). The zero-order chi connectivity index (χ0) is 28.7. The lowest BCUT2D eigenvalue weighted by Gasteiger charge is -2.30. The number of nitrogens with zero attached hydrogens (tertiary/aromatic N) is 6. The average molecular weight is 567 g/mol. The van der Waals surface area contributed by atoms with Crippen molar-refractivity contribution in [3.8, 4) is 0 Å². The van der Waals surface area contributed by atoms with Gasteiger partial charge in [0.25, 0.3) is 0 Å². The van der Waals surface area contributed by atoms with Crippen molar-refractivity contribution in [3.63, 3.8) is 0 Å². The molecule has 0 saturated heterocycles. The van der Waals surface area contributed by atoms with E-state index in [1.165, 1.54) is 55.1 Å². The number of ether oxygens (including phenoxy) is 1. The summed E-state index contributed by atoms with van der Waals surface area (Å²) in [5, 5.41) is 9.96. The van der Waals surface area contributed by atoms with Crippen molar-refractivity contribution < 1.29 is 27.9 Å². The first-order valence-corrected chi connectivity index (χ1v) is 14.3. The Labute approximate surface area is 232 Å². The average Bonchev–Trinajstić information content (AvgIpc) is 2.94. The summed E-state index contributed by atoms with van der Waals surface area (Å²) in [4.78, 5) is 47.6. The first-order valence-electron chi connectivity index (χ1n) is 12.7. The van der Waals surface area contributed by atoms with E-state index < -0.39 is 27.8 Å². The Bertz CT molecular complexity index is 1500. The van der Waals surface area contributed by atoms with Crippen molar-refractivity contribution in [3.05, 3.63) is 71.8 Å². The van der Waals surface area contributed by atoms with Gasteiger partial charge in [0.1, 0.15) is 0 Å². The molecule has 13 heteroatoms. The van der Waals surface area contributed by atoms with E-state index in [0.29, 0.717) is 42.6 Å². The van der Waals surface area contributed by atoms with E-state index in [4.69, 9.17) is 0 Å². The van der Waals surface area contributed by atoms with Gasteiger partial charge in [-0.05, 0) is 43.4 Å². The van der Waals surface area contributed by atoms with Gasteiger partial charge in [0, 0.05) is 24.4 Å². The second-order valence-electron chi connectivity index (χ2n) is 9.58. The molecule has 1 amide bonds. The molecule has 3 aromatic rings. The highest BCUT2D eigenvalue weighted by atomic mass is 32.2. The van der Waals surface area contributed by atoms with E-state index in [1.807, 2.05) is 6.92 Å². The smallest absolute Gasteiger partial charge is 0.330 e. The minimum Gasteiger partial charge on any atom is -0.466 e. The van der Waals surface area contributed by atoms with Crippen LogP contribution in [0.25, 0.3) is 6.08 Å². The number of anilines is 1. The molecule has 210 valence electrons. The third-order valence-electron chi connectivity index (χ3n) is 6.38. The van der Waals surface area contributed by atoms with E-state index in [0.717, 1.165) is 5.56 Å². The Morgan fingerprint density at radius 1 is 1.10 bits per heavy atom. The van der Waals surface area contributed by atoms with Crippen LogP contribution in [0.3, 0.4) is 0 Å². The van der Waals surface area contributed by atoms with Crippen LogP contribution in [0.15, 0.2) is 54.3 Å². The first-order chi connectivity index (χ1) is 19.1. The summed E-state index contributed by atoms with van der Waals surface area (Å²) in [5.74, 6) is -1.34. The van der Waals surface area contributed by atoms with Crippen LogP contribution in [0, 0.1) is 12.8 Å². The van der Waals surface area contributed by atoms with Gasteiger partial charge in [0.15, 0.2) is 10.8 Å². The van der Waals surface area contributed by atoms with Gasteiger partial charge in [-0.2, -0.15) is 0 Å². The molecule has 1 fully saturated rings. The largest absolute Gasteiger partial charge is 0.466 e. The monoisotopic (exact) mass is 566 g/mol. The van der Waals surface area contributed by atoms with Gasteiger partial charge in [0.2, 0.25) is 15.7 Å². The third kappa shape index (κ3) is 7.51. The lowest BCUT2D eigenvalue weighted by Crippen LogP contribution is -2.39. The number of aliphatic hydroxyl groups is 1. The summed E-state index contributed by atoms with van der Waals surface area (Å²) in [6.07, 6.45) is 12.8. The number of aliphatic hydroxyl groups excluding tert-OH is 1. The van der Waals surface area contributed by atoms with E-state index in [1.54, 1.807) is 12.3 Å². The molecule has 0 aromatic carbocycles. The molecule has 3 heterocycles. The molecule has 1 aliphatic rings. The van der Waals surface area contributed by atoms with Gasteiger partial charge in [-0.15, -0.1) is 0 Å². The molecular weight excluding hydrogens is 536 g/mol. The molecule has 0 aliphatic heterocycles. The maximum absolute atomic E-state index is 13.6. The second-order valence-corrected chi connectivity index (χ2v) is 11.5. The molecule has 0 spiro atoms. The van der Waals surface area contributed by atoms with E-state index in [-0.39, 0.29) is 29.0 Å². The summed E-state index contributed by atoms with van der Waals surface area (Å²) < 4.78 is 30.4. The Kier molecular flexibility index (Phi) is 9.27. The summed E-state index contributed by atoms with van der Waals surface area (Å²) in [7, 11) is -2.52. The zero-order valence-electron chi connectivity index (χ0n) is 22.2. The molecule has 1 N–H and O–H groups in total. The van der Waals surface area contributed by atoms with Crippen LogP contribution in [-0.2, 0) is 36.5 Å². The lowest BCUT2D eigenvalue weighted by atomic mass is 9.86. The molecule has 1 aliphatic carbocycles. The van der Waals surface area contributed by atoms with E-state index >= 15 is 0 Å². The topological polar surface area (TPSA) is 165 Å². The Balaban J connectivity index is 1.59. The van der Waals surface area contributed by atoms with Gasteiger partial charge >= 0.3 is 5.97 Å². The summed E-state index contributed by atoms with van der Waals surface area (Å²) in [6.45, 7) is 1.77. The minimum atomic E-state index is -3.78. The van der Waals surface area contributed by atoms with Crippen molar-refractivity contribution in [1.82, 2.24) is 24.9 Å². The van der Waals surface area contributed by atoms with Crippen molar-refractivity contribution in [1.29, 1.82) is 0 Å². The highest BCUT2D eigenvalue weighted by Gasteiger charge is 2.31. The van der Waals surface area contributed by atoms with Crippen LogP contribution in [0.2, 0.25) is 0 Å². The maximum atomic E-state index is 13.6. The number of aromatic nitrogens is 5. The molecule has 3 aromatic heterocycles. The van der Waals surface area contributed by atoms with Crippen molar-refractivity contribution >= 4 is 33.6 Å². The van der Waals surface area contributed by atoms with Gasteiger partial charge in [0.05, 0.1) is 61.7 Å². The summed E-state index contributed by atoms with van der Waals surface area (Å²) in [6, 6.07) is 1.74. The number of carbonyl (C=O) groups excluding carboxylic acids is 2. The second kappa shape index (κ2) is 12.8. The molecule has 2 atom stereocenters. The molecule has 40 heavy (non-hydrogen) atoms. The number of aryl methyl sites for hydroxylation is 1. The molecular formula is C27H30N6O6S. The fourth-order valence-corrected chi connectivity index (χ4v) is 5.59. The third-order valence-corrected chi connectivity index (χ3v) is 7.94. The fourth-order valence-electron chi connectivity index (χ4n) is 4.42. The van der Waals surface area contributed by atoms with Gasteiger partial charge in [-0.1, -0.05) is 12.5 Å². The molecule has 2 unspecified atom stereocenters. The highest BCUT2D eigenvalue weighted by Crippen LogP contribution is 2.28. The Hall–Kier alpha value is -4.10. The van der Waals surface area contributed by atoms with Crippen molar-refractivity contribution in [2.75, 3.05) is 12.0 Å². The van der Waals surface area contributed by atoms with Crippen LogP contribution in [0.5, 0.6) is 0 Å². The normalized spacial score (nSPS) is 17.5. The number of sulfone groups is 1. The highest BCUT2D eigenvalue weighted by molar-refractivity contribution is 7.90. The zero-order valence-corrected chi connectivity index (χ0v) is 23.0. The summed E-state index contributed by atoms with van der Waals surface area (Å²) >= 11 is 0. The number of esters is 1. The maximum Gasteiger partial charge on any atom is 0.330 e. The van der Waals surface area contributed by atoms with Crippen LogP contribution >= 0.6 is 0 Å². The number of hydrogen-bond donors (Lipinski definition) is 1. The van der Waals surface area contributed by atoms with Gasteiger partial charge in [-0.25, -0.2) is 23.2 Å². The number of carbonyl (C=O) groups is 2. The fraction of sp³-hybridized carbons (Fsp3) is 0.370. The van der Waals surface area contributed by atoms with Gasteiger partial charge < -0.3 is 9.84 Å². The summed E-state index contributed by atoms with van der Waals surface area (Å²) in [5.41, 5.74) is 2.04. The molecule has 12 nitrogen and oxygen atoms in total. The van der Waals surface area contributed by atoms with E-state index in [2.05, 4.69) is 29.7 Å². The molecule has 1 saturated carbocycles. The predicted octanol–water partition coefficient (Wildman–Crippen LogP) is 2.21. The number of rotatable bonds is 9. The number of methoxy groups -OCH3 is 1. The number of amides is 1.